The van der Waals surface area contributed by atoms with Crippen LogP contribution in [-0.4, -0.2) is 43.8 Å². The summed E-state index contributed by atoms with van der Waals surface area (Å²) in [6, 6.07) is 16.3. The molecule has 1 amide bonds. The molecule has 0 saturated heterocycles. The summed E-state index contributed by atoms with van der Waals surface area (Å²) >= 11 is 0. The molecule has 0 unspecified atom stereocenters. The lowest BCUT2D eigenvalue weighted by atomic mass is 9.98. The minimum atomic E-state index is -0.558. The second kappa shape index (κ2) is 7.87. The normalized spacial score (nSPS) is 12.0. The second-order valence-corrected chi connectivity index (χ2v) is 6.05. The van der Waals surface area contributed by atoms with Crippen LogP contribution in [0.1, 0.15) is 17.0 Å². The first-order chi connectivity index (χ1) is 12.7. The Labute approximate surface area is 152 Å². The van der Waals surface area contributed by atoms with E-state index in [1.807, 2.05) is 24.3 Å². The summed E-state index contributed by atoms with van der Waals surface area (Å²) in [5, 5.41) is 0. The minimum Gasteiger partial charge on any atom is -0.468 e. The van der Waals surface area contributed by atoms with E-state index in [9.17, 15) is 9.59 Å². The third-order valence-corrected chi connectivity index (χ3v) is 4.49. The summed E-state index contributed by atoms with van der Waals surface area (Å²) in [6.45, 7) is 3.87. The van der Waals surface area contributed by atoms with Gasteiger partial charge in [0.2, 0.25) is 0 Å². The quantitative estimate of drug-likeness (QED) is 0.589. The lowest BCUT2D eigenvalue weighted by Crippen LogP contribution is -2.37. The first kappa shape index (κ1) is 17.7. The highest BCUT2D eigenvalue weighted by atomic mass is 16.6. The Morgan fingerprint density at radius 2 is 1.65 bits per heavy atom. The SMILES string of the molecule is C=CCN(CC(=O)OC)C(=O)OCC1c2ccccc2-c2ccccc21. The second-order valence-electron chi connectivity index (χ2n) is 6.05. The van der Waals surface area contributed by atoms with Crippen molar-refractivity contribution < 1.29 is 19.1 Å². The molecule has 0 aliphatic heterocycles. The van der Waals surface area contributed by atoms with Crippen molar-refractivity contribution in [2.45, 2.75) is 5.92 Å². The summed E-state index contributed by atoms with van der Waals surface area (Å²) in [7, 11) is 1.28. The molecule has 0 spiro atoms. The molecule has 1 aliphatic rings. The summed E-state index contributed by atoms with van der Waals surface area (Å²) in [6.07, 6.45) is 0.988. The van der Waals surface area contributed by atoms with Crippen molar-refractivity contribution in [2.75, 3.05) is 26.8 Å². The first-order valence-electron chi connectivity index (χ1n) is 8.43. The van der Waals surface area contributed by atoms with Crippen LogP contribution < -0.4 is 0 Å². The predicted molar refractivity (Wildman–Crippen MR) is 98.9 cm³/mol. The van der Waals surface area contributed by atoms with Crippen LogP contribution in [0.3, 0.4) is 0 Å². The molecule has 2 aromatic rings. The number of carbonyl (C=O) groups excluding carboxylic acids is 2. The van der Waals surface area contributed by atoms with Crippen LogP contribution >= 0.6 is 0 Å². The van der Waals surface area contributed by atoms with E-state index in [1.54, 1.807) is 6.08 Å². The zero-order valence-corrected chi connectivity index (χ0v) is 14.7. The lowest BCUT2D eigenvalue weighted by molar-refractivity contribution is -0.141. The molecule has 5 nitrogen and oxygen atoms in total. The number of benzene rings is 2. The number of nitrogens with zero attached hydrogens (tertiary/aromatic N) is 1. The van der Waals surface area contributed by atoms with Crippen LogP contribution in [0.5, 0.6) is 0 Å². The van der Waals surface area contributed by atoms with Crippen LogP contribution in [0.25, 0.3) is 11.1 Å². The van der Waals surface area contributed by atoms with Gasteiger partial charge in [0.15, 0.2) is 0 Å². The Bertz CT molecular complexity index is 785. The highest BCUT2D eigenvalue weighted by Crippen LogP contribution is 2.44. The highest BCUT2D eigenvalue weighted by molar-refractivity contribution is 5.80. The largest absolute Gasteiger partial charge is 0.468 e. The number of amides is 1. The maximum Gasteiger partial charge on any atom is 0.410 e. The van der Waals surface area contributed by atoms with Gasteiger partial charge in [0.1, 0.15) is 13.2 Å². The Kier molecular flexibility index (Phi) is 5.37. The Hall–Kier alpha value is -3.08. The molecule has 0 N–H and O–H groups in total. The Morgan fingerprint density at radius 1 is 1.08 bits per heavy atom. The van der Waals surface area contributed by atoms with Gasteiger partial charge in [-0.15, -0.1) is 6.58 Å². The van der Waals surface area contributed by atoms with E-state index < -0.39 is 12.1 Å². The number of methoxy groups -OCH3 is 1. The van der Waals surface area contributed by atoms with Crippen molar-refractivity contribution in [1.82, 2.24) is 4.90 Å². The number of esters is 1. The molecule has 3 rings (SSSR count). The first-order valence-corrected chi connectivity index (χ1v) is 8.43. The lowest BCUT2D eigenvalue weighted by Gasteiger charge is -2.21. The van der Waals surface area contributed by atoms with E-state index in [1.165, 1.54) is 23.1 Å². The highest BCUT2D eigenvalue weighted by Gasteiger charge is 2.29. The molecule has 134 valence electrons. The fourth-order valence-corrected chi connectivity index (χ4v) is 3.27. The fraction of sp³-hybridized carbons (Fsp3) is 0.238. The third kappa shape index (κ3) is 3.47. The molecule has 2 aromatic carbocycles. The molecule has 5 heteroatoms. The molecule has 0 fully saturated rings. The molecule has 26 heavy (non-hydrogen) atoms. The van der Waals surface area contributed by atoms with Crippen molar-refractivity contribution in [2.24, 2.45) is 0 Å². The molecule has 0 aromatic heterocycles. The number of rotatable bonds is 6. The Morgan fingerprint density at radius 3 is 2.19 bits per heavy atom. The summed E-state index contributed by atoms with van der Waals surface area (Å²) in [4.78, 5) is 25.2. The van der Waals surface area contributed by atoms with Crippen molar-refractivity contribution in [3.05, 3.63) is 72.3 Å². The number of hydrogen-bond donors (Lipinski definition) is 0. The minimum absolute atomic E-state index is 0.0185. The molecule has 0 saturated carbocycles. The van der Waals surface area contributed by atoms with E-state index in [0.717, 1.165) is 11.1 Å². The molecule has 0 heterocycles. The zero-order valence-electron chi connectivity index (χ0n) is 14.7. The van der Waals surface area contributed by atoms with Gasteiger partial charge in [-0.05, 0) is 22.3 Å². The summed E-state index contributed by atoms with van der Waals surface area (Å²) < 4.78 is 10.2. The van der Waals surface area contributed by atoms with Gasteiger partial charge >= 0.3 is 12.1 Å². The average molecular weight is 351 g/mol. The van der Waals surface area contributed by atoms with Gasteiger partial charge < -0.3 is 9.47 Å². The summed E-state index contributed by atoms with van der Waals surface area (Å²) in [5.74, 6) is -0.518. The van der Waals surface area contributed by atoms with Crippen molar-refractivity contribution in [3.8, 4) is 11.1 Å². The van der Waals surface area contributed by atoms with Crippen molar-refractivity contribution >= 4 is 12.1 Å². The predicted octanol–water partition coefficient (Wildman–Crippen LogP) is 3.60. The average Bonchev–Trinajstić information content (AvgIpc) is 2.99. The maximum absolute atomic E-state index is 12.4. The Balaban J connectivity index is 1.75. The van der Waals surface area contributed by atoms with Gasteiger partial charge in [0.05, 0.1) is 7.11 Å². The zero-order chi connectivity index (χ0) is 18.5. The maximum atomic E-state index is 12.4. The molecule has 1 aliphatic carbocycles. The smallest absolute Gasteiger partial charge is 0.410 e. The van der Waals surface area contributed by atoms with Gasteiger partial charge in [-0.3, -0.25) is 9.69 Å². The van der Waals surface area contributed by atoms with Crippen LogP contribution in [-0.2, 0) is 14.3 Å². The fourth-order valence-electron chi connectivity index (χ4n) is 3.27. The van der Waals surface area contributed by atoms with Gasteiger partial charge in [0, 0.05) is 12.5 Å². The van der Waals surface area contributed by atoms with E-state index in [0.29, 0.717) is 0 Å². The van der Waals surface area contributed by atoms with Crippen LogP contribution in [0.2, 0.25) is 0 Å². The van der Waals surface area contributed by atoms with Crippen molar-refractivity contribution in [1.29, 1.82) is 0 Å². The van der Waals surface area contributed by atoms with E-state index in [4.69, 9.17) is 4.74 Å². The van der Waals surface area contributed by atoms with Crippen LogP contribution in [0.4, 0.5) is 4.79 Å². The van der Waals surface area contributed by atoms with Crippen LogP contribution in [0.15, 0.2) is 61.2 Å². The molecular weight excluding hydrogens is 330 g/mol. The number of fused-ring (bicyclic) bond motifs is 3. The van der Waals surface area contributed by atoms with E-state index >= 15 is 0 Å². The third-order valence-electron chi connectivity index (χ3n) is 4.49. The molecule has 0 radical (unpaired) electrons. The number of hydrogen-bond acceptors (Lipinski definition) is 4. The summed E-state index contributed by atoms with van der Waals surface area (Å²) in [5.41, 5.74) is 4.62. The number of carbonyl (C=O) groups is 2. The van der Waals surface area contributed by atoms with Gasteiger partial charge in [0.25, 0.3) is 0 Å². The van der Waals surface area contributed by atoms with Gasteiger partial charge in [-0.25, -0.2) is 4.79 Å². The molecular formula is C21H21NO4. The molecule has 0 bridgehead atoms. The van der Waals surface area contributed by atoms with Crippen molar-refractivity contribution in [3.63, 3.8) is 0 Å². The number of ether oxygens (including phenoxy) is 2. The van der Waals surface area contributed by atoms with Gasteiger partial charge in [-0.1, -0.05) is 54.6 Å². The topological polar surface area (TPSA) is 55.8 Å². The van der Waals surface area contributed by atoms with Crippen LogP contribution in [0, 0.1) is 0 Å². The van der Waals surface area contributed by atoms with Gasteiger partial charge in [-0.2, -0.15) is 0 Å². The molecule has 0 atom stereocenters. The standard InChI is InChI=1S/C21H21NO4/c1-3-12-22(13-20(23)25-2)21(24)26-14-19-17-10-6-4-8-15(17)16-9-5-7-11-18(16)19/h3-11,19H,1,12-14H2,2H3. The van der Waals surface area contributed by atoms with E-state index in [2.05, 4.69) is 35.6 Å². The van der Waals surface area contributed by atoms with E-state index in [-0.39, 0.29) is 25.6 Å². The monoisotopic (exact) mass is 351 g/mol.